The van der Waals surface area contributed by atoms with Crippen molar-refractivity contribution in [2.24, 2.45) is 17.8 Å². The van der Waals surface area contributed by atoms with Crippen LogP contribution < -0.4 is 14.4 Å². The predicted octanol–water partition coefficient (Wildman–Crippen LogP) is 7.51. The van der Waals surface area contributed by atoms with Gasteiger partial charge in [0.25, 0.3) is 0 Å². The van der Waals surface area contributed by atoms with Crippen LogP contribution >= 0.6 is 0 Å². The van der Waals surface area contributed by atoms with Crippen LogP contribution in [0.4, 0.5) is 5.82 Å². The van der Waals surface area contributed by atoms with Crippen LogP contribution in [0.15, 0.2) is 65.4 Å². The Morgan fingerprint density at radius 2 is 1.69 bits per heavy atom. The average molecular weight is 792 g/mol. The number of ketones is 2. The first-order valence-electron chi connectivity index (χ1n) is 20.8. The summed E-state index contributed by atoms with van der Waals surface area (Å²) in [6.45, 7) is 18.1. The first kappa shape index (κ1) is 40.1. The van der Waals surface area contributed by atoms with Gasteiger partial charge in [0.15, 0.2) is 22.8 Å². The number of rotatable bonds is 10. The van der Waals surface area contributed by atoms with E-state index in [1.165, 1.54) is 12.5 Å². The fourth-order valence-electron chi connectivity index (χ4n) is 11.0. The molecule has 2 aromatic rings. The summed E-state index contributed by atoms with van der Waals surface area (Å²) in [5.41, 5.74) is -1.26. The molecule has 3 aliphatic carbocycles. The highest BCUT2D eigenvalue weighted by Crippen LogP contribution is 2.71. The van der Waals surface area contributed by atoms with Crippen molar-refractivity contribution in [3.05, 3.63) is 82.1 Å². The standard InChI is InChI=1S/C47H57N3O8/c1-27(2)12-11-18-45(8)19-17-30-38(51)35-39(52)36-37(50-24-22-49(23-25-50)34-13-9-10-21-48-34)32-26-33-44(6,7)58-46(42(32)53,20-16-29(5)43(54)55)47(33,36)57-41(35)31(40(30)56-45)15-14-28(3)4/h9-10,12-14,16-17,19,21,32-33,36-37,51H,11,15,18,20,22-26H2,1-8H3,(H,54,55)/b29-16-. The van der Waals surface area contributed by atoms with Crippen molar-refractivity contribution < 1.29 is 38.8 Å². The van der Waals surface area contributed by atoms with Gasteiger partial charge >= 0.3 is 5.97 Å². The van der Waals surface area contributed by atoms with Gasteiger partial charge in [-0.25, -0.2) is 9.78 Å². The summed E-state index contributed by atoms with van der Waals surface area (Å²) in [6.07, 6.45) is 13.6. The Bertz CT molecular complexity index is 2170. The largest absolute Gasteiger partial charge is 0.506 e. The average Bonchev–Trinajstić information content (AvgIpc) is 3.32. The fourth-order valence-corrected chi connectivity index (χ4v) is 11.0. The molecule has 4 aliphatic heterocycles. The fraction of sp³-hybridized carbons (Fsp3) is 0.532. The number of anilines is 1. The number of pyridine rings is 1. The number of aromatic hydroxyl groups is 1. The molecule has 11 heteroatoms. The molecule has 5 fully saturated rings. The number of aromatic nitrogens is 1. The molecule has 7 atom stereocenters. The second-order valence-corrected chi connectivity index (χ2v) is 18.5. The van der Waals surface area contributed by atoms with E-state index in [0.717, 1.165) is 17.8 Å². The van der Waals surface area contributed by atoms with Crippen molar-refractivity contribution in [2.45, 2.75) is 116 Å². The molecule has 9 rings (SSSR count). The minimum atomic E-state index is -1.66. The molecule has 4 bridgehead atoms. The smallest absolute Gasteiger partial charge is 0.330 e. The number of piperazine rings is 1. The summed E-state index contributed by atoms with van der Waals surface area (Å²) in [4.78, 5) is 52.5. The lowest BCUT2D eigenvalue weighted by Crippen LogP contribution is -2.82. The molecule has 11 nitrogen and oxygen atoms in total. The second-order valence-electron chi connectivity index (χ2n) is 18.5. The number of hydrogen-bond acceptors (Lipinski definition) is 10. The van der Waals surface area contributed by atoms with E-state index >= 15 is 9.59 Å². The van der Waals surface area contributed by atoms with Crippen LogP contribution in [0.1, 0.15) is 103 Å². The molecule has 7 aliphatic rings. The van der Waals surface area contributed by atoms with Crippen LogP contribution in [-0.4, -0.2) is 92.3 Å². The van der Waals surface area contributed by atoms with Crippen molar-refractivity contribution in [1.82, 2.24) is 9.88 Å². The number of nitrogens with zero attached hydrogens (tertiary/aromatic N) is 3. The van der Waals surface area contributed by atoms with Crippen LogP contribution in [0.25, 0.3) is 6.08 Å². The zero-order valence-corrected chi connectivity index (χ0v) is 35.1. The van der Waals surface area contributed by atoms with Crippen molar-refractivity contribution in [2.75, 3.05) is 31.1 Å². The van der Waals surface area contributed by atoms with Gasteiger partial charge in [0.2, 0.25) is 0 Å². The highest BCUT2D eigenvalue weighted by atomic mass is 16.6. The van der Waals surface area contributed by atoms with Crippen LogP contribution in [0.2, 0.25) is 0 Å². The first-order chi connectivity index (χ1) is 27.4. The number of ether oxygens (including phenoxy) is 3. The van der Waals surface area contributed by atoms with Gasteiger partial charge in [-0.2, -0.15) is 0 Å². The summed E-state index contributed by atoms with van der Waals surface area (Å²) < 4.78 is 21.5. The second kappa shape index (κ2) is 14.2. The number of carbonyl (C=O) groups is 3. The normalized spacial score (nSPS) is 31.8. The van der Waals surface area contributed by atoms with Gasteiger partial charge in [0.1, 0.15) is 34.2 Å². The van der Waals surface area contributed by atoms with Crippen molar-refractivity contribution in [1.29, 1.82) is 0 Å². The summed E-state index contributed by atoms with van der Waals surface area (Å²) in [5.74, 6) is -2.06. The molecule has 1 spiro atoms. The van der Waals surface area contributed by atoms with Crippen LogP contribution in [0.3, 0.4) is 0 Å². The number of carbonyl (C=O) groups excluding carboxylic acids is 2. The van der Waals surface area contributed by atoms with Crippen molar-refractivity contribution in [3.8, 4) is 17.2 Å². The number of Topliss-reactive ketones (excluding diaryl/α,β-unsaturated/α-hetero) is 2. The number of hydrogen-bond donors (Lipinski definition) is 2. The van der Waals surface area contributed by atoms with E-state index in [4.69, 9.17) is 14.2 Å². The summed E-state index contributed by atoms with van der Waals surface area (Å²) in [7, 11) is 0. The number of benzene rings is 1. The van der Waals surface area contributed by atoms with Crippen LogP contribution in [0.5, 0.6) is 17.2 Å². The number of allylic oxidation sites excluding steroid dienone is 4. The van der Waals surface area contributed by atoms with Crippen LogP contribution in [-0.2, 0) is 20.7 Å². The molecule has 0 radical (unpaired) electrons. The van der Waals surface area contributed by atoms with Gasteiger partial charge in [0.05, 0.1) is 17.1 Å². The lowest BCUT2D eigenvalue weighted by molar-refractivity contribution is -0.213. The number of phenols is 1. The van der Waals surface area contributed by atoms with E-state index in [-0.39, 0.29) is 40.6 Å². The Kier molecular flexibility index (Phi) is 9.82. The maximum Gasteiger partial charge on any atom is 0.330 e. The van der Waals surface area contributed by atoms with E-state index in [0.29, 0.717) is 62.3 Å². The van der Waals surface area contributed by atoms with Gasteiger partial charge in [-0.1, -0.05) is 35.4 Å². The molecule has 1 aromatic carbocycles. The number of aliphatic carboxylic acids is 1. The molecular weight excluding hydrogens is 735 g/mol. The van der Waals surface area contributed by atoms with Crippen molar-refractivity contribution >= 4 is 29.4 Å². The SMILES string of the molecule is CC(C)=CCCC1(C)C=Cc2c(O)c3c(c(CC=C(C)C)c2O1)OC12C(C3=O)C(N3CCN(c4ccccn4)CC3)C3CC1C(C)(C)OC2(C/C=C(/C)C(=O)O)C3=O. The molecule has 5 heterocycles. The lowest BCUT2D eigenvalue weighted by Gasteiger charge is -2.65. The Hall–Kier alpha value is -4.74. The van der Waals surface area contributed by atoms with Gasteiger partial charge in [-0.05, 0) is 105 Å². The first-order valence-corrected chi connectivity index (χ1v) is 20.8. The van der Waals surface area contributed by atoms with E-state index < -0.39 is 52.2 Å². The number of phenolic OH excluding ortho intramolecular Hbond substituents is 1. The number of carboxylic acids is 1. The monoisotopic (exact) mass is 791 g/mol. The van der Waals surface area contributed by atoms with Gasteiger partial charge in [0, 0.05) is 67.8 Å². The highest BCUT2D eigenvalue weighted by molar-refractivity contribution is 6.10. The molecule has 3 saturated carbocycles. The molecule has 308 valence electrons. The Morgan fingerprint density at radius 1 is 0.966 bits per heavy atom. The van der Waals surface area contributed by atoms with E-state index in [1.54, 1.807) is 12.3 Å². The third kappa shape index (κ3) is 6.05. The Morgan fingerprint density at radius 3 is 2.34 bits per heavy atom. The quantitative estimate of drug-likeness (QED) is 0.183. The lowest BCUT2D eigenvalue weighted by atomic mass is 9.44. The number of carboxylic acid groups (broad SMARTS) is 1. The number of fused-ring (bicyclic) bond motifs is 2. The molecule has 7 unspecified atom stereocenters. The van der Waals surface area contributed by atoms with Gasteiger partial charge < -0.3 is 29.3 Å². The molecule has 1 aromatic heterocycles. The highest BCUT2D eigenvalue weighted by Gasteiger charge is 2.86. The molecule has 58 heavy (non-hydrogen) atoms. The third-order valence-corrected chi connectivity index (χ3v) is 13.8. The molecule has 2 N–H and O–H groups in total. The summed E-state index contributed by atoms with van der Waals surface area (Å²) in [6, 6.07) is 5.31. The minimum Gasteiger partial charge on any atom is -0.506 e. The topological polar surface area (TPSA) is 139 Å². The van der Waals surface area contributed by atoms with Crippen LogP contribution in [0, 0.1) is 17.8 Å². The summed E-state index contributed by atoms with van der Waals surface area (Å²) >= 11 is 0. The zero-order valence-electron chi connectivity index (χ0n) is 35.1. The van der Waals surface area contributed by atoms with Gasteiger partial charge in [-0.15, -0.1) is 0 Å². The Labute approximate surface area is 341 Å². The zero-order chi connectivity index (χ0) is 41.5. The summed E-state index contributed by atoms with van der Waals surface area (Å²) in [5, 5.41) is 22.3. The minimum absolute atomic E-state index is 0.0679. The third-order valence-electron chi connectivity index (χ3n) is 13.8. The van der Waals surface area contributed by atoms with Crippen molar-refractivity contribution in [3.63, 3.8) is 0 Å². The van der Waals surface area contributed by atoms with Gasteiger partial charge in [-0.3, -0.25) is 14.5 Å². The van der Waals surface area contributed by atoms with E-state index in [9.17, 15) is 15.0 Å². The maximum atomic E-state index is 15.9. The molecule has 0 amide bonds. The molecular formula is C47H57N3O8. The maximum absolute atomic E-state index is 15.9. The molecule has 2 saturated heterocycles. The predicted molar refractivity (Wildman–Crippen MR) is 221 cm³/mol. The van der Waals surface area contributed by atoms with E-state index in [2.05, 4.69) is 40.8 Å². The Balaban J connectivity index is 1.32. The van der Waals surface area contributed by atoms with E-state index in [1.807, 2.05) is 65.0 Å².